The van der Waals surface area contributed by atoms with Gasteiger partial charge in [-0.05, 0) is 25.2 Å². The van der Waals surface area contributed by atoms with E-state index < -0.39 is 0 Å². The van der Waals surface area contributed by atoms with Crippen molar-refractivity contribution >= 4 is 0 Å². The number of hydrogen-bond donors (Lipinski definition) is 1. The van der Waals surface area contributed by atoms with Gasteiger partial charge in [0.05, 0.1) is 0 Å². The molecule has 1 rings (SSSR count). The summed E-state index contributed by atoms with van der Waals surface area (Å²) in [5.41, 5.74) is 6.04. The minimum absolute atomic E-state index is 0.487. The smallest absolute Gasteiger partial charge is 0.00389 e. The van der Waals surface area contributed by atoms with E-state index in [9.17, 15) is 0 Å². The second-order valence-corrected chi connectivity index (χ2v) is 4.79. The third-order valence-electron chi connectivity index (χ3n) is 3.30. The van der Waals surface area contributed by atoms with Crippen molar-refractivity contribution in [2.75, 3.05) is 0 Å². The highest BCUT2D eigenvalue weighted by molar-refractivity contribution is 4.65. The van der Waals surface area contributed by atoms with Gasteiger partial charge in [0.2, 0.25) is 0 Å². The highest BCUT2D eigenvalue weighted by Gasteiger charge is 2.08. The Hall–Kier alpha value is -0.0400. The lowest BCUT2D eigenvalue weighted by atomic mass is 9.96. The largest absolute Gasteiger partial charge is 0.328 e. The number of hydrogen-bond acceptors (Lipinski definition) is 1. The van der Waals surface area contributed by atoms with Gasteiger partial charge in [0, 0.05) is 6.04 Å². The Morgan fingerprint density at radius 2 is 1.38 bits per heavy atom. The molecule has 0 spiro atoms. The fourth-order valence-electron chi connectivity index (χ4n) is 2.22. The summed E-state index contributed by atoms with van der Waals surface area (Å²) in [6.45, 7) is 2.38. The predicted octanol–water partition coefficient (Wildman–Crippen LogP) is 3.47. The van der Waals surface area contributed by atoms with E-state index in [0.717, 1.165) is 5.92 Å². The Morgan fingerprint density at radius 3 is 2.15 bits per heavy atom. The molecule has 2 N–H and O–H groups in total. The molecule has 2 atom stereocenters. The summed E-state index contributed by atoms with van der Waals surface area (Å²) in [6.07, 6.45) is 12.4. The SMILES string of the molecule is CC1CCCCCCCC(N)CC1. The normalized spacial score (nSPS) is 33.7. The molecule has 1 heteroatoms. The Kier molecular flexibility index (Phi) is 5.45. The van der Waals surface area contributed by atoms with Crippen LogP contribution in [-0.2, 0) is 0 Å². The lowest BCUT2D eigenvalue weighted by molar-refractivity contribution is 0.426. The van der Waals surface area contributed by atoms with E-state index in [4.69, 9.17) is 5.73 Å². The van der Waals surface area contributed by atoms with Crippen molar-refractivity contribution in [1.82, 2.24) is 0 Å². The number of rotatable bonds is 0. The third-order valence-corrected chi connectivity index (χ3v) is 3.30. The van der Waals surface area contributed by atoms with Crippen LogP contribution in [0, 0.1) is 5.92 Å². The van der Waals surface area contributed by atoms with Gasteiger partial charge in [-0.15, -0.1) is 0 Å². The van der Waals surface area contributed by atoms with Gasteiger partial charge in [-0.25, -0.2) is 0 Å². The fraction of sp³-hybridized carbons (Fsp3) is 1.00. The van der Waals surface area contributed by atoms with Crippen LogP contribution in [0.5, 0.6) is 0 Å². The molecular weight excluding hydrogens is 158 g/mol. The number of nitrogens with two attached hydrogens (primary N) is 1. The zero-order valence-corrected chi connectivity index (χ0v) is 9.10. The molecule has 1 nitrogen and oxygen atoms in total. The zero-order valence-electron chi connectivity index (χ0n) is 9.10. The van der Waals surface area contributed by atoms with Crippen molar-refractivity contribution < 1.29 is 0 Å². The van der Waals surface area contributed by atoms with E-state index in [1.165, 1.54) is 57.8 Å². The van der Waals surface area contributed by atoms with Crippen LogP contribution in [0.3, 0.4) is 0 Å². The first-order valence-electron chi connectivity index (χ1n) is 6.04. The predicted molar refractivity (Wildman–Crippen MR) is 58.7 cm³/mol. The molecule has 0 bridgehead atoms. The van der Waals surface area contributed by atoms with Crippen LogP contribution in [-0.4, -0.2) is 6.04 Å². The molecule has 1 aliphatic rings. The van der Waals surface area contributed by atoms with Crippen molar-refractivity contribution in [3.05, 3.63) is 0 Å². The van der Waals surface area contributed by atoms with Crippen LogP contribution in [0.25, 0.3) is 0 Å². The Bertz CT molecular complexity index is 108. The summed E-state index contributed by atoms with van der Waals surface area (Å²) in [5.74, 6) is 0.907. The van der Waals surface area contributed by atoms with Crippen LogP contribution in [0.1, 0.15) is 64.7 Å². The average molecular weight is 183 g/mol. The molecule has 1 fully saturated rings. The lowest BCUT2D eigenvalue weighted by Crippen LogP contribution is -2.20. The van der Waals surface area contributed by atoms with Gasteiger partial charge in [-0.1, -0.05) is 45.4 Å². The zero-order chi connectivity index (χ0) is 9.52. The molecule has 0 radical (unpaired) electrons. The van der Waals surface area contributed by atoms with Gasteiger partial charge in [0.1, 0.15) is 0 Å². The van der Waals surface area contributed by atoms with Crippen LogP contribution >= 0.6 is 0 Å². The third kappa shape index (κ3) is 5.30. The van der Waals surface area contributed by atoms with Crippen molar-refractivity contribution in [2.24, 2.45) is 11.7 Å². The highest BCUT2D eigenvalue weighted by Crippen LogP contribution is 2.19. The van der Waals surface area contributed by atoms with Crippen molar-refractivity contribution in [2.45, 2.75) is 70.8 Å². The summed E-state index contributed by atoms with van der Waals surface area (Å²) in [6, 6.07) is 0.487. The monoisotopic (exact) mass is 183 g/mol. The van der Waals surface area contributed by atoms with E-state index in [-0.39, 0.29) is 0 Å². The topological polar surface area (TPSA) is 26.0 Å². The van der Waals surface area contributed by atoms with Crippen molar-refractivity contribution in [3.63, 3.8) is 0 Å². The lowest BCUT2D eigenvalue weighted by Gasteiger charge is -2.13. The van der Waals surface area contributed by atoms with Gasteiger partial charge in [-0.3, -0.25) is 0 Å². The van der Waals surface area contributed by atoms with Gasteiger partial charge in [-0.2, -0.15) is 0 Å². The molecule has 0 saturated heterocycles. The first-order valence-corrected chi connectivity index (χ1v) is 6.04. The maximum atomic E-state index is 6.04. The summed E-state index contributed by atoms with van der Waals surface area (Å²) in [7, 11) is 0. The molecule has 13 heavy (non-hydrogen) atoms. The summed E-state index contributed by atoms with van der Waals surface area (Å²) in [4.78, 5) is 0. The maximum absolute atomic E-state index is 6.04. The molecule has 0 amide bonds. The minimum atomic E-state index is 0.487. The molecule has 0 aromatic rings. The first-order chi connectivity index (χ1) is 6.29. The molecular formula is C12H25N. The molecule has 0 aromatic carbocycles. The molecule has 1 saturated carbocycles. The first kappa shape index (κ1) is 11.0. The second kappa shape index (κ2) is 6.42. The van der Waals surface area contributed by atoms with E-state index in [0.29, 0.717) is 6.04 Å². The quantitative estimate of drug-likeness (QED) is 0.611. The molecule has 0 aromatic heterocycles. The van der Waals surface area contributed by atoms with Crippen LogP contribution in [0.2, 0.25) is 0 Å². The molecule has 78 valence electrons. The van der Waals surface area contributed by atoms with Gasteiger partial charge in [0.15, 0.2) is 0 Å². The Morgan fingerprint density at radius 1 is 0.769 bits per heavy atom. The van der Waals surface area contributed by atoms with E-state index in [1.807, 2.05) is 0 Å². The van der Waals surface area contributed by atoms with E-state index >= 15 is 0 Å². The van der Waals surface area contributed by atoms with Crippen LogP contribution < -0.4 is 5.73 Å². The molecule has 2 unspecified atom stereocenters. The van der Waals surface area contributed by atoms with E-state index in [1.54, 1.807) is 0 Å². The van der Waals surface area contributed by atoms with Crippen LogP contribution in [0.15, 0.2) is 0 Å². The van der Waals surface area contributed by atoms with Gasteiger partial charge in [0.25, 0.3) is 0 Å². The Balaban J connectivity index is 2.24. The average Bonchev–Trinajstić information content (AvgIpc) is 2.15. The van der Waals surface area contributed by atoms with Crippen molar-refractivity contribution in [3.8, 4) is 0 Å². The maximum Gasteiger partial charge on any atom is 0.00389 e. The van der Waals surface area contributed by atoms with Gasteiger partial charge < -0.3 is 5.73 Å². The van der Waals surface area contributed by atoms with Gasteiger partial charge >= 0.3 is 0 Å². The van der Waals surface area contributed by atoms with Crippen molar-refractivity contribution in [1.29, 1.82) is 0 Å². The van der Waals surface area contributed by atoms with E-state index in [2.05, 4.69) is 6.92 Å². The molecule has 1 aliphatic carbocycles. The van der Waals surface area contributed by atoms with Crippen LogP contribution in [0.4, 0.5) is 0 Å². The second-order valence-electron chi connectivity index (χ2n) is 4.79. The summed E-state index contributed by atoms with van der Waals surface area (Å²) >= 11 is 0. The standard InChI is InChI=1S/C12H25N/c1-11-7-5-3-2-4-6-8-12(13)10-9-11/h11-12H,2-10,13H2,1H3. The fourth-order valence-corrected chi connectivity index (χ4v) is 2.22. The Labute approximate surface area is 83.1 Å². The summed E-state index contributed by atoms with van der Waals surface area (Å²) in [5, 5.41) is 0. The molecule has 0 aliphatic heterocycles. The summed E-state index contributed by atoms with van der Waals surface area (Å²) < 4.78 is 0. The molecule has 0 heterocycles. The highest BCUT2D eigenvalue weighted by atomic mass is 14.6. The minimum Gasteiger partial charge on any atom is -0.328 e.